The zero-order chi connectivity index (χ0) is 20.6. The van der Waals surface area contributed by atoms with E-state index in [1.54, 1.807) is 11.3 Å². The molecule has 0 spiro atoms. The van der Waals surface area contributed by atoms with Crippen molar-refractivity contribution < 1.29 is 4.79 Å². The van der Waals surface area contributed by atoms with Crippen molar-refractivity contribution in [3.63, 3.8) is 0 Å². The fraction of sp³-hybridized carbons (Fsp3) is 0.545. The number of nitrogens with one attached hydrogen (secondary N) is 1. The van der Waals surface area contributed by atoms with E-state index in [0.29, 0.717) is 0 Å². The minimum atomic E-state index is 0.0708. The highest BCUT2D eigenvalue weighted by Gasteiger charge is 2.22. The summed E-state index contributed by atoms with van der Waals surface area (Å²) >= 11 is 1.66. The number of carbonyl (C=O) groups excluding carboxylic acids is 1. The topological polar surface area (TPSA) is 55.0 Å². The number of hydrogen-bond acceptors (Lipinski definition) is 6. The van der Waals surface area contributed by atoms with Crippen molar-refractivity contribution in [1.82, 2.24) is 25.0 Å². The SMILES string of the molecule is O=C(NCCCN1CCN(Cc2ccccc2)CC1)N1CCN(c2nccs2)CC1. The number of urea groups is 1. The summed E-state index contributed by atoms with van der Waals surface area (Å²) in [6.45, 7) is 10.5. The van der Waals surface area contributed by atoms with Crippen molar-refractivity contribution in [2.45, 2.75) is 13.0 Å². The molecule has 1 aromatic heterocycles. The number of amides is 2. The fourth-order valence-electron chi connectivity index (χ4n) is 4.10. The van der Waals surface area contributed by atoms with Crippen LogP contribution in [0.3, 0.4) is 0 Å². The second-order valence-electron chi connectivity index (χ2n) is 7.98. The van der Waals surface area contributed by atoms with Gasteiger partial charge in [0.1, 0.15) is 0 Å². The first kappa shape index (κ1) is 21.1. The van der Waals surface area contributed by atoms with E-state index < -0.39 is 0 Å². The number of thiazole rings is 1. The predicted molar refractivity (Wildman–Crippen MR) is 122 cm³/mol. The Bertz CT molecular complexity index is 755. The molecular weight excluding hydrogens is 396 g/mol. The highest BCUT2D eigenvalue weighted by atomic mass is 32.1. The normalized spacial score (nSPS) is 18.5. The van der Waals surface area contributed by atoms with Crippen LogP contribution in [0.4, 0.5) is 9.93 Å². The first-order valence-electron chi connectivity index (χ1n) is 10.9. The molecule has 0 bridgehead atoms. The molecule has 1 N–H and O–H groups in total. The van der Waals surface area contributed by atoms with Crippen LogP contribution in [0.1, 0.15) is 12.0 Å². The van der Waals surface area contributed by atoms with Gasteiger partial charge in [-0.05, 0) is 18.5 Å². The average molecular weight is 429 g/mol. The molecule has 4 rings (SSSR count). The molecule has 0 atom stereocenters. The monoisotopic (exact) mass is 428 g/mol. The van der Waals surface area contributed by atoms with Gasteiger partial charge < -0.3 is 20.0 Å². The number of hydrogen-bond donors (Lipinski definition) is 1. The molecule has 2 aliphatic heterocycles. The van der Waals surface area contributed by atoms with Gasteiger partial charge >= 0.3 is 6.03 Å². The van der Waals surface area contributed by atoms with Gasteiger partial charge in [0.2, 0.25) is 0 Å². The van der Waals surface area contributed by atoms with Crippen molar-refractivity contribution in [2.75, 3.05) is 70.3 Å². The lowest BCUT2D eigenvalue weighted by Crippen LogP contribution is -2.52. The van der Waals surface area contributed by atoms with Gasteiger partial charge in [-0.1, -0.05) is 30.3 Å². The van der Waals surface area contributed by atoms with Gasteiger partial charge in [0, 0.05) is 77.0 Å². The summed E-state index contributed by atoms with van der Waals surface area (Å²) in [6.07, 6.45) is 2.84. The van der Waals surface area contributed by atoms with E-state index in [2.05, 4.69) is 55.3 Å². The van der Waals surface area contributed by atoms with Crippen molar-refractivity contribution in [3.8, 4) is 0 Å². The van der Waals surface area contributed by atoms with Gasteiger partial charge in [0.15, 0.2) is 5.13 Å². The van der Waals surface area contributed by atoms with Crippen LogP contribution in [0.15, 0.2) is 41.9 Å². The molecule has 0 saturated carbocycles. The predicted octanol–water partition coefficient (Wildman–Crippen LogP) is 2.18. The Morgan fingerprint density at radius 2 is 1.70 bits per heavy atom. The third-order valence-electron chi connectivity index (χ3n) is 5.90. The van der Waals surface area contributed by atoms with E-state index in [1.165, 1.54) is 5.56 Å². The maximum absolute atomic E-state index is 12.4. The number of carbonyl (C=O) groups is 1. The van der Waals surface area contributed by atoms with E-state index in [4.69, 9.17) is 0 Å². The quantitative estimate of drug-likeness (QED) is 0.685. The third-order valence-corrected chi connectivity index (χ3v) is 6.73. The summed E-state index contributed by atoms with van der Waals surface area (Å²) in [6, 6.07) is 10.8. The van der Waals surface area contributed by atoms with Crippen molar-refractivity contribution in [1.29, 1.82) is 0 Å². The highest BCUT2D eigenvalue weighted by molar-refractivity contribution is 7.13. The Kier molecular flexibility index (Phi) is 7.55. The van der Waals surface area contributed by atoms with E-state index >= 15 is 0 Å². The standard InChI is InChI=1S/C22H32N6OS/c29-21(27-14-16-28(17-15-27)22-24-8-18-30-22)23-7-4-9-25-10-12-26(13-11-25)19-20-5-2-1-3-6-20/h1-3,5-6,8,18H,4,7,9-17,19H2,(H,23,29). The van der Waals surface area contributed by atoms with E-state index in [-0.39, 0.29) is 6.03 Å². The molecule has 7 nitrogen and oxygen atoms in total. The molecular formula is C22H32N6OS. The lowest BCUT2D eigenvalue weighted by molar-refractivity contribution is 0.126. The lowest BCUT2D eigenvalue weighted by Gasteiger charge is -2.35. The molecule has 3 heterocycles. The number of piperazine rings is 2. The Hall–Kier alpha value is -2.16. The number of rotatable bonds is 7. The maximum atomic E-state index is 12.4. The molecule has 0 unspecified atom stereocenters. The summed E-state index contributed by atoms with van der Waals surface area (Å²) in [5, 5.41) is 6.15. The molecule has 2 aliphatic rings. The summed E-state index contributed by atoms with van der Waals surface area (Å²) in [5.74, 6) is 0. The maximum Gasteiger partial charge on any atom is 0.317 e. The Morgan fingerprint density at radius 1 is 0.967 bits per heavy atom. The van der Waals surface area contributed by atoms with Crippen LogP contribution in [0.25, 0.3) is 0 Å². The first-order chi connectivity index (χ1) is 14.8. The Morgan fingerprint density at radius 3 is 2.40 bits per heavy atom. The molecule has 30 heavy (non-hydrogen) atoms. The van der Waals surface area contributed by atoms with Gasteiger partial charge in [-0.2, -0.15) is 0 Å². The summed E-state index contributed by atoms with van der Waals surface area (Å²) in [5.41, 5.74) is 1.39. The van der Waals surface area contributed by atoms with Gasteiger partial charge in [0.25, 0.3) is 0 Å². The van der Waals surface area contributed by atoms with Gasteiger partial charge in [-0.25, -0.2) is 9.78 Å². The zero-order valence-corrected chi connectivity index (χ0v) is 18.4. The lowest BCUT2D eigenvalue weighted by atomic mass is 10.2. The van der Waals surface area contributed by atoms with Gasteiger partial charge in [-0.3, -0.25) is 4.90 Å². The molecule has 8 heteroatoms. The zero-order valence-electron chi connectivity index (χ0n) is 17.6. The number of benzene rings is 1. The van der Waals surface area contributed by atoms with Crippen LogP contribution in [-0.4, -0.2) is 91.2 Å². The summed E-state index contributed by atoms with van der Waals surface area (Å²) in [7, 11) is 0. The Labute approximate surface area is 183 Å². The van der Waals surface area contributed by atoms with Crippen LogP contribution in [0.2, 0.25) is 0 Å². The average Bonchev–Trinajstić information content (AvgIpc) is 3.33. The fourth-order valence-corrected chi connectivity index (χ4v) is 4.79. The Balaban J connectivity index is 1.07. The van der Waals surface area contributed by atoms with Gasteiger partial charge in [0.05, 0.1) is 0 Å². The smallest absolute Gasteiger partial charge is 0.317 e. The molecule has 2 amide bonds. The summed E-state index contributed by atoms with van der Waals surface area (Å²) in [4.78, 5) is 26.0. The first-order valence-corrected chi connectivity index (χ1v) is 11.8. The second-order valence-corrected chi connectivity index (χ2v) is 8.85. The van der Waals surface area contributed by atoms with Crippen LogP contribution < -0.4 is 10.2 Å². The van der Waals surface area contributed by atoms with Crippen LogP contribution in [0, 0.1) is 0 Å². The molecule has 1 aromatic carbocycles. The van der Waals surface area contributed by atoms with E-state index in [9.17, 15) is 4.79 Å². The molecule has 0 aliphatic carbocycles. The number of anilines is 1. The molecule has 0 radical (unpaired) electrons. The third kappa shape index (κ3) is 5.93. The minimum absolute atomic E-state index is 0.0708. The van der Waals surface area contributed by atoms with Gasteiger partial charge in [-0.15, -0.1) is 11.3 Å². The largest absolute Gasteiger partial charge is 0.345 e. The molecule has 162 valence electrons. The molecule has 2 fully saturated rings. The number of aromatic nitrogens is 1. The highest BCUT2D eigenvalue weighted by Crippen LogP contribution is 2.18. The summed E-state index contributed by atoms with van der Waals surface area (Å²) < 4.78 is 0. The van der Waals surface area contributed by atoms with Crippen LogP contribution >= 0.6 is 11.3 Å². The van der Waals surface area contributed by atoms with E-state index in [1.807, 2.05) is 16.5 Å². The van der Waals surface area contributed by atoms with Crippen molar-refractivity contribution in [3.05, 3.63) is 47.5 Å². The minimum Gasteiger partial charge on any atom is -0.345 e. The van der Waals surface area contributed by atoms with E-state index in [0.717, 1.165) is 83.5 Å². The van der Waals surface area contributed by atoms with Crippen molar-refractivity contribution >= 4 is 22.5 Å². The number of nitrogens with zero attached hydrogens (tertiary/aromatic N) is 5. The second kappa shape index (κ2) is 10.7. The molecule has 2 saturated heterocycles. The van der Waals surface area contributed by atoms with Crippen LogP contribution in [0.5, 0.6) is 0 Å². The molecule has 2 aromatic rings. The van der Waals surface area contributed by atoms with Crippen LogP contribution in [-0.2, 0) is 6.54 Å². The van der Waals surface area contributed by atoms with Crippen molar-refractivity contribution in [2.24, 2.45) is 0 Å².